The van der Waals surface area contributed by atoms with Crippen molar-refractivity contribution in [3.63, 3.8) is 0 Å². The van der Waals surface area contributed by atoms with Crippen LogP contribution in [0, 0.1) is 0 Å². The van der Waals surface area contributed by atoms with Gasteiger partial charge in [-0.3, -0.25) is 9.55 Å². The number of aryl methyl sites for hydroxylation is 2. The van der Waals surface area contributed by atoms with Gasteiger partial charge in [-0.15, -0.1) is 0 Å². The molecule has 1 heterocycles. The maximum absolute atomic E-state index is 11.0. The van der Waals surface area contributed by atoms with E-state index in [1.54, 1.807) is 0 Å². The van der Waals surface area contributed by atoms with E-state index in [0.29, 0.717) is 6.42 Å². The summed E-state index contributed by atoms with van der Waals surface area (Å²) in [5.74, 6) is 0. The molecule has 0 saturated carbocycles. The molecule has 0 amide bonds. The molecule has 0 aliphatic carbocycles. The second-order valence-corrected chi connectivity index (χ2v) is 10.5. The highest BCUT2D eigenvalue weighted by Gasteiger charge is 2.13. The van der Waals surface area contributed by atoms with Crippen molar-refractivity contribution in [3.8, 4) is 22.4 Å². The number of aromatic nitrogens is 1. The molecule has 0 spiro atoms. The van der Waals surface area contributed by atoms with Gasteiger partial charge in [0.15, 0.2) is 0 Å². The van der Waals surface area contributed by atoms with Gasteiger partial charge in [-0.2, -0.15) is 0 Å². The normalized spacial score (nSPS) is 11.6. The molecule has 3 aromatic rings. The van der Waals surface area contributed by atoms with Crippen molar-refractivity contribution in [1.29, 1.82) is 0 Å². The molecule has 0 bridgehead atoms. The van der Waals surface area contributed by atoms with E-state index in [1.807, 2.05) is 18.2 Å². The Hall–Kier alpha value is -2.26. The Bertz CT molecular complexity index is 1030. The molecule has 0 aliphatic heterocycles. The standard InChI is InChI=1S/C28H36NO3P/c1-2-3-4-7-12-23-16-18-24(19-17-23)27-21-20-26(15-10-6-11-22-33(30,31)32)29-28(27)25-13-8-5-9-14-25/h5,8-9,13-14,16-21H,2-4,6-7,10-12,15,22H2,1H3,(H2,30,31,32). The highest BCUT2D eigenvalue weighted by Crippen LogP contribution is 2.35. The molecule has 1 aromatic heterocycles. The molecule has 0 fully saturated rings. The number of unbranched alkanes of at least 4 members (excludes halogenated alkanes) is 5. The third-order valence-corrected chi connectivity index (χ3v) is 6.87. The van der Waals surface area contributed by atoms with Crippen LogP contribution in [0.1, 0.15) is 63.1 Å². The average Bonchev–Trinajstić information content (AvgIpc) is 2.82. The maximum atomic E-state index is 11.0. The molecule has 0 saturated heterocycles. The predicted molar refractivity (Wildman–Crippen MR) is 137 cm³/mol. The zero-order valence-electron chi connectivity index (χ0n) is 19.6. The van der Waals surface area contributed by atoms with Crippen LogP contribution in [0.25, 0.3) is 22.4 Å². The van der Waals surface area contributed by atoms with Crippen molar-refractivity contribution >= 4 is 7.60 Å². The van der Waals surface area contributed by atoms with Crippen molar-refractivity contribution < 1.29 is 14.4 Å². The topological polar surface area (TPSA) is 70.4 Å². The minimum atomic E-state index is -3.90. The molecule has 33 heavy (non-hydrogen) atoms. The van der Waals surface area contributed by atoms with Gasteiger partial charge in [0.1, 0.15) is 0 Å². The SMILES string of the molecule is CCCCCCc1ccc(-c2ccc(CCCCCP(=O)(O)O)nc2-c2ccccc2)cc1. The third kappa shape index (κ3) is 8.55. The second kappa shape index (κ2) is 12.8. The van der Waals surface area contributed by atoms with Crippen molar-refractivity contribution in [3.05, 3.63) is 78.0 Å². The van der Waals surface area contributed by atoms with Crippen LogP contribution in [0.4, 0.5) is 0 Å². The van der Waals surface area contributed by atoms with Crippen molar-refractivity contribution in [2.45, 2.75) is 64.7 Å². The summed E-state index contributed by atoms with van der Waals surface area (Å²) in [5.41, 5.74) is 6.78. The Kier molecular flexibility index (Phi) is 9.87. The van der Waals surface area contributed by atoms with E-state index in [1.165, 1.54) is 36.8 Å². The molecule has 176 valence electrons. The van der Waals surface area contributed by atoms with Crippen LogP contribution in [0.5, 0.6) is 0 Å². The molecule has 0 aliphatic rings. The fraction of sp³-hybridized carbons (Fsp3) is 0.393. The first kappa shape index (κ1) is 25.4. The minimum absolute atomic E-state index is 0.0385. The van der Waals surface area contributed by atoms with Gasteiger partial charge < -0.3 is 9.79 Å². The van der Waals surface area contributed by atoms with Crippen LogP contribution in [0.15, 0.2) is 66.7 Å². The summed E-state index contributed by atoms with van der Waals surface area (Å²) >= 11 is 0. The van der Waals surface area contributed by atoms with Crippen LogP contribution in [-0.4, -0.2) is 20.9 Å². The monoisotopic (exact) mass is 465 g/mol. The third-order valence-electron chi connectivity index (χ3n) is 5.97. The Morgan fingerprint density at radius 3 is 2.12 bits per heavy atom. The number of benzene rings is 2. The number of nitrogens with zero attached hydrogens (tertiary/aromatic N) is 1. The number of pyridine rings is 1. The molecule has 5 heteroatoms. The van der Waals surface area contributed by atoms with Crippen LogP contribution in [-0.2, 0) is 17.4 Å². The predicted octanol–water partition coefficient (Wildman–Crippen LogP) is 7.43. The highest BCUT2D eigenvalue weighted by atomic mass is 31.2. The lowest BCUT2D eigenvalue weighted by molar-refractivity contribution is 0.371. The van der Waals surface area contributed by atoms with Gasteiger partial charge in [0, 0.05) is 23.0 Å². The number of hydrogen-bond acceptors (Lipinski definition) is 2. The largest absolute Gasteiger partial charge is 0.325 e. The first-order chi connectivity index (χ1) is 16.0. The molecule has 3 rings (SSSR count). The summed E-state index contributed by atoms with van der Waals surface area (Å²) in [5, 5.41) is 0. The van der Waals surface area contributed by atoms with Crippen LogP contribution in [0.2, 0.25) is 0 Å². The summed E-state index contributed by atoms with van der Waals surface area (Å²) < 4.78 is 11.0. The average molecular weight is 466 g/mol. The van der Waals surface area contributed by atoms with Gasteiger partial charge in [-0.05, 0) is 49.3 Å². The van der Waals surface area contributed by atoms with E-state index in [0.717, 1.165) is 48.2 Å². The maximum Gasteiger partial charge on any atom is 0.325 e. The van der Waals surface area contributed by atoms with Crippen molar-refractivity contribution in [2.24, 2.45) is 0 Å². The van der Waals surface area contributed by atoms with E-state index < -0.39 is 7.60 Å². The number of rotatable bonds is 13. The Morgan fingerprint density at radius 2 is 1.42 bits per heavy atom. The first-order valence-electron chi connectivity index (χ1n) is 12.2. The van der Waals surface area contributed by atoms with E-state index >= 15 is 0 Å². The zero-order valence-corrected chi connectivity index (χ0v) is 20.5. The minimum Gasteiger partial charge on any atom is -0.324 e. The number of hydrogen-bond donors (Lipinski definition) is 2. The van der Waals surface area contributed by atoms with Gasteiger partial charge in [-0.25, -0.2) is 0 Å². The first-order valence-corrected chi connectivity index (χ1v) is 14.0. The summed E-state index contributed by atoms with van der Waals surface area (Å²) in [4.78, 5) is 23.0. The van der Waals surface area contributed by atoms with Gasteiger partial charge in [0.25, 0.3) is 0 Å². The smallest absolute Gasteiger partial charge is 0.324 e. The van der Waals surface area contributed by atoms with Crippen molar-refractivity contribution in [2.75, 3.05) is 6.16 Å². The lowest BCUT2D eigenvalue weighted by atomic mass is 9.96. The second-order valence-electron chi connectivity index (χ2n) is 8.77. The fourth-order valence-corrected chi connectivity index (χ4v) is 4.73. The van der Waals surface area contributed by atoms with Gasteiger partial charge >= 0.3 is 7.60 Å². The summed E-state index contributed by atoms with van der Waals surface area (Å²) in [7, 11) is -3.90. The van der Waals surface area contributed by atoms with Gasteiger partial charge in [-0.1, -0.05) is 93.3 Å². The highest BCUT2D eigenvalue weighted by molar-refractivity contribution is 7.51. The van der Waals surface area contributed by atoms with Crippen LogP contribution in [0.3, 0.4) is 0 Å². The Labute approximate surface area is 198 Å². The molecule has 0 unspecified atom stereocenters. The molecule has 0 radical (unpaired) electrons. The Morgan fingerprint density at radius 1 is 0.727 bits per heavy atom. The van der Waals surface area contributed by atoms with Gasteiger partial charge in [0.05, 0.1) is 5.69 Å². The molecule has 0 atom stereocenters. The summed E-state index contributed by atoms with van der Waals surface area (Å²) in [6.45, 7) is 2.24. The van der Waals surface area contributed by atoms with E-state index in [2.05, 4.69) is 55.5 Å². The Balaban J connectivity index is 1.74. The van der Waals surface area contributed by atoms with Gasteiger partial charge in [0.2, 0.25) is 0 Å². The molecule has 4 nitrogen and oxygen atoms in total. The summed E-state index contributed by atoms with van der Waals surface area (Å²) in [6.07, 6.45) is 9.19. The summed E-state index contributed by atoms with van der Waals surface area (Å²) in [6, 6.07) is 23.4. The quantitative estimate of drug-likeness (QED) is 0.203. The molecular weight excluding hydrogens is 429 g/mol. The lowest BCUT2D eigenvalue weighted by Crippen LogP contribution is -1.97. The molecular formula is C28H36NO3P. The van der Waals surface area contributed by atoms with Crippen LogP contribution < -0.4 is 0 Å². The zero-order chi connectivity index (χ0) is 23.5. The van der Waals surface area contributed by atoms with E-state index in [9.17, 15) is 4.57 Å². The van der Waals surface area contributed by atoms with E-state index in [-0.39, 0.29) is 6.16 Å². The van der Waals surface area contributed by atoms with Crippen LogP contribution >= 0.6 is 7.60 Å². The lowest BCUT2D eigenvalue weighted by Gasteiger charge is -2.13. The molecule has 2 N–H and O–H groups in total. The van der Waals surface area contributed by atoms with E-state index in [4.69, 9.17) is 14.8 Å². The van der Waals surface area contributed by atoms with Crippen molar-refractivity contribution in [1.82, 2.24) is 4.98 Å². The fourth-order valence-electron chi connectivity index (χ4n) is 4.10. The molecule has 2 aromatic carbocycles.